The van der Waals surface area contributed by atoms with Gasteiger partial charge in [0.25, 0.3) is 0 Å². The summed E-state index contributed by atoms with van der Waals surface area (Å²) < 4.78 is 0. The first-order valence-electron chi connectivity index (χ1n) is 30.6. The molecular weight excluding hydrogens is 1120 g/mol. The molecule has 24 heteroatoms. The Morgan fingerprint density at radius 2 is 1.00 bits per heavy atom. The summed E-state index contributed by atoms with van der Waals surface area (Å²) >= 11 is 5.77. The van der Waals surface area contributed by atoms with Crippen LogP contribution in [0.15, 0.2) is 12.2 Å². The highest BCUT2D eigenvalue weighted by molar-refractivity contribution is 7.80. The molecule has 6 N–H and O–H groups in total. The van der Waals surface area contributed by atoms with E-state index in [4.69, 9.17) is 12.2 Å². The summed E-state index contributed by atoms with van der Waals surface area (Å²) in [5.41, 5.74) is -1.53. The molecule has 0 unspecified atom stereocenters. The molecule has 23 nitrogen and oxygen atoms in total. The van der Waals surface area contributed by atoms with Crippen LogP contribution in [0.1, 0.15) is 156 Å². The van der Waals surface area contributed by atoms with E-state index >= 15 is 9.59 Å². The van der Waals surface area contributed by atoms with Crippen molar-refractivity contribution in [1.29, 1.82) is 0 Å². The molecule has 1 saturated heterocycles. The second-order valence-corrected chi connectivity index (χ2v) is 26.9. The first kappa shape index (κ1) is 78.3. The molecular formula is C62H111N11O12S. The van der Waals surface area contributed by atoms with E-state index in [1.54, 1.807) is 74.5 Å². The summed E-state index contributed by atoms with van der Waals surface area (Å²) in [6.07, 6.45) is 2.62. The van der Waals surface area contributed by atoms with Gasteiger partial charge in [0.05, 0.1) is 29.3 Å². The lowest BCUT2D eigenvalue weighted by Gasteiger charge is -2.41. The number of carbonyl (C=O) groups excluding carboxylic acids is 10. The van der Waals surface area contributed by atoms with Crippen molar-refractivity contribution in [1.82, 2.24) is 55.6 Å². The van der Waals surface area contributed by atoms with Gasteiger partial charge in [0.2, 0.25) is 59.1 Å². The topological polar surface area (TPSA) is 282 Å². The Balaban J connectivity index is 4.35. The highest BCUT2D eigenvalue weighted by atomic mass is 32.1. The second kappa shape index (κ2) is 34.7. The molecule has 1 fully saturated rings. The predicted molar refractivity (Wildman–Crippen MR) is 337 cm³/mol. The van der Waals surface area contributed by atoms with Gasteiger partial charge in [0.15, 0.2) is 0 Å². The lowest BCUT2D eigenvalue weighted by atomic mass is 9.91. The van der Waals surface area contributed by atoms with Crippen molar-refractivity contribution in [3.8, 4) is 0 Å². The molecule has 0 saturated carbocycles. The molecule has 0 spiro atoms. The van der Waals surface area contributed by atoms with Crippen molar-refractivity contribution in [2.75, 3.05) is 55.9 Å². The molecule has 1 aliphatic rings. The van der Waals surface area contributed by atoms with Gasteiger partial charge in [-0.3, -0.25) is 47.9 Å². The minimum absolute atomic E-state index is 0.00425. The Morgan fingerprint density at radius 1 is 0.547 bits per heavy atom. The third-order valence-corrected chi connectivity index (χ3v) is 16.5. The molecule has 10 amide bonds. The van der Waals surface area contributed by atoms with Crippen molar-refractivity contribution in [2.45, 2.75) is 228 Å². The van der Waals surface area contributed by atoms with Gasteiger partial charge in [-0.25, -0.2) is 0 Å². The Bertz CT molecular complexity index is 2380. The first-order valence-corrected chi connectivity index (χ1v) is 31.0. The number of amides is 10. The minimum atomic E-state index is -1.62. The van der Waals surface area contributed by atoms with Crippen molar-refractivity contribution < 1.29 is 58.2 Å². The molecule has 0 bridgehead atoms. The van der Waals surface area contributed by atoms with Gasteiger partial charge in [0.1, 0.15) is 54.4 Å². The Labute approximate surface area is 519 Å². The van der Waals surface area contributed by atoms with Crippen LogP contribution < -0.4 is 21.3 Å². The van der Waals surface area contributed by atoms with Crippen LogP contribution in [-0.4, -0.2) is 237 Å². The average Bonchev–Trinajstić information content (AvgIpc) is 3.54. The maximum absolute atomic E-state index is 15.1. The van der Waals surface area contributed by atoms with Crippen LogP contribution in [0.3, 0.4) is 0 Å². The van der Waals surface area contributed by atoms with E-state index in [2.05, 4.69) is 21.3 Å². The van der Waals surface area contributed by atoms with Crippen LogP contribution in [0.4, 0.5) is 0 Å². The van der Waals surface area contributed by atoms with Crippen LogP contribution in [0.25, 0.3) is 0 Å². The molecule has 0 aromatic carbocycles. The highest BCUT2D eigenvalue weighted by Gasteiger charge is 2.46. The molecule has 0 aromatic heterocycles. The number of aliphatic hydroxyl groups excluding tert-OH is 1. The molecule has 12 atom stereocenters. The molecule has 0 radical (unpaired) electrons. The number of thiocarbonyl (C=S) groups is 1. The number of carbonyl (C=O) groups is 10. The smallest absolute Gasteiger partial charge is 0.246 e. The maximum Gasteiger partial charge on any atom is 0.246 e. The Kier molecular flexibility index (Phi) is 31.6. The zero-order valence-corrected chi connectivity index (χ0v) is 57.3. The van der Waals surface area contributed by atoms with Crippen LogP contribution >= 0.6 is 12.2 Å². The van der Waals surface area contributed by atoms with Gasteiger partial charge >= 0.3 is 0 Å². The lowest BCUT2D eigenvalue weighted by molar-refractivity contribution is -0.157. The van der Waals surface area contributed by atoms with Crippen LogP contribution in [0, 0.1) is 35.5 Å². The maximum atomic E-state index is 15.1. The lowest BCUT2D eigenvalue weighted by Crippen LogP contribution is -2.63. The van der Waals surface area contributed by atoms with Crippen molar-refractivity contribution >= 4 is 76.3 Å². The average molecular weight is 1230 g/mol. The number of hydrogen-bond acceptors (Lipinski definition) is 13. The number of hydrogen-bond donors (Lipinski definition) is 6. The van der Waals surface area contributed by atoms with Gasteiger partial charge in [-0.1, -0.05) is 107 Å². The van der Waals surface area contributed by atoms with E-state index in [1.807, 2.05) is 41.5 Å². The molecule has 0 aliphatic carbocycles. The summed E-state index contributed by atoms with van der Waals surface area (Å²) in [6, 6.07) is -12.0. The van der Waals surface area contributed by atoms with Crippen molar-refractivity contribution in [3.63, 3.8) is 0 Å². The fourth-order valence-corrected chi connectivity index (χ4v) is 10.9. The molecule has 86 heavy (non-hydrogen) atoms. The SMILES string of the molecule is C/C=C/C[C@@H](C)[C@@H](O)[C@H]1C(=O)N[C@@H](CC)C(=O)N(C)CC(=O)N(C)[C@@H](CC(C)(C)O)C(=O)N[C@@H](C(C)C)C(=O)N(C)[C@@H](CC(C)C)C(=O)N[C@@H](C)C(=S)N[C@H](C)C(=O)N(C)[C@@H](CC(C)C)C(=O)N(C)[C@@H](CC(C)C)C(=O)N(C)[C@@H](C(C)C)C(=O)N1C. The quantitative estimate of drug-likeness (QED) is 0.102. The van der Waals surface area contributed by atoms with Crippen LogP contribution in [0.5, 0.6) is 0 Å². The number of rotatable bonds is 15. The Hall–Kier alpha value is -5.75. The molecule has 1 heterocycles. The number of allylic oxidation sites excluding steroid dienone is 2. The van der Waals surface area contributed by atoms with E-state index in [-0.39, 0.29) is 54.8 Å². The van der Waals surface area contributed by atoms with E-state index in [0.717, 1.165) is 14.7 Å². The number of nitrogens with one attached hydrogen (secondary N) is 4. The highest BCUT2D eigenvalue weighted by Crippen LogP contribution is 2.26. The summed E-state index contributed by atoms with van der Waals surface area (Å²) in [4.78, 5) is 155. The molecule has 1 aliphatic heterocycles. The van der Waals surface area contributed by atoms with Crippen LogP contribution in [0.2, 0.25) is 0 Å². The van der Waals surface area contributed by atoms with E-state index in [1.165, 1.54) is 82.8 Å². The predicted octanol–water partition coefficient (Wildman–Crippen LogP) is 3.18. The van der Waals surface area contributed by atoms with Crippen molar-refractivity contribution in [2.24, 2.45) is 35.5 Å². The standard InChI is InChI=1S/C62H111N11O12S/c1-25-27-28-39(13)51(75)50-54(78)65-42(26-2)57(80)67(18)33-47(74)68(19)46(32-62(16,17)85)53(77)66-48(37(9)10)60(83)69(20)43(29-34(3)4)52(76)63-40(14)55(86)64-41(15)56(79)70(21)44(30-35(5)6)58(81)71(22)45(31-36(7)8)59(82)72(23)49(38(11)12)61(84)73(50)24/h25,27,34-46,48-51,75,85H,26,28-33H2,1-24H3,(H,63,76)(H,64,86)(H,65,78)(H,66,77)/b27-25+/t39-,40+,41-,42+,43+,44+,45+,46+,48+,49+,50+,51-/m1/s1. The summed E-state index contributed by atoms with van der Waals surface area (Å²) in [5, 5.41) is 34.6. The normalized spacial score (nSPS) is 26.9. The van der Waals surface area contributed by atoms with E-state index in [9.17, 15) is 48.6 Å². The van der Waals surface area contributed by atoms with Gasteiger partial charge in [-0.2, -0.15) is 0 Å². The summed E-state index contributed by atoms with van der Waals surface area (Å²) in [5.74, 6) is -8.86. The van der Waals surface area contributed by atoms with Crippen LogP contribution in [-0.2, 0) is 47.9 Å². The largest absolute Gasteiger partial charge is 0.390 e. The molecule has 1 rings (SSSR count). The van der Waals surface area contributed by atoms with E-state index < -0.39 is 155 Å². The number of likely N-dealkylation sites (N-methyl/N-ethyl adjacent to an activating group) is 7. The van der Waals surface area contributed by atoms with E-state index in [0.29, 0.717) is 6.42 Å². The van der Waals surface area contributed by atoms with Gasteiger partial charge in [-0.15, -0.1) is 0 Å². The third kappa shape index (κ3) is 22.1. The number of nitrogens with zero attached hydrogens (tertiary/aromatic N) is 7. The second-order valence-electron chi connectivity index (χ2n) is 26.5. The van der Waals surface area contributed by atoms with Gasteiger partial charge < -0.3 is 65.8 Å². The first-order chi connectivity index (χ1) is 39.5. The summed E-state index contributed by atoms with van der Waals surface area (Å²) in [6.45, 7) is 28.8. The third-order valence-electron chi connectivity index (χ3n) is 16.1. The zero-order chi connectivity index (χ0) is 66.9. The van der Waals surface area contributed by atoms with Gasteiger partial charge in [0, 0.05) is 55.8 Å². The fraction of sp³-hybridized carbons (Fsp3) is 0.790. The van der Waals surface area contributed by atoms with Gasteiger partial charge in [-0.05, 0) is 102 Å². The zero-order valence-electron chi connectivity index (χ0n) is 56.4. The van der Waals surface area contributed by atoms with Crippen molar-refractivity contribution in [3.05, 3.63) is 12.2 Å². The molecule has 492 valence electrons. The molecule has 0 aromatic rings. The monoisotopic (exact) mass is 1230 g/mol. The summed E-state index contributed by atoms with van der Waals surface area (Å²) in [7, 11) is 9.89. The fourth-order valence-electron chi connectivity index (χ4n) is 10.7. The minimum Gasteiger partial charge on any atom is -0.390 e. The number of aliphatic hydroxyl groups is 2. The Morgan fingerprint density at radius 3 is 1.45 bits per heavy atom.